The Morgan fingerprint density at radius 1 is 1.22 bits per heavy atom. The van der Waals surface area contributed by atoms with E-state index in [4.69, 9.17) is 0 Å². The lowest BCUT2D eigenvalue weighted by atomic mass is 9.53. The molecule has 2 saturated carbocycles. The number of rotatable bonds is 5. The first-order valence-electron chi connectivity index (χ1n) is 11.1. The molecule has 1 aromatic carbocycles. The average Bonchev–Trinajstić information content (AvgIpc) is 2.98. The smallest absolute Gasteiger partial charge is 0.115 e. The van der Waals surface area contributed by atoms with Crippen LogP contribution in [0.2, 0.25) is 0 Å². The minimum Gasteiger partial charge on any atom is -0.508 e. The second kappa shape index (κ2) is 7.40. The van der Waals surface area contributed by atoms with Crippen molar-refractivity contribution in [3.63, 3.8) is 0 Å². The summed E-state index contributed by atoms with van der Waals surface area (Å²) in [5.74, 6) is 3.70. The highest BCUT2D eigenvalue weighted by molar-refractivity contribution is 5.40. The third-order valence-electron chi connectivity index (χ3n) is 8.41. The summed E-state index contributed by atoms with van der Waals surface area (Å²) in [6.07, 6.45) is 7.97. The molecule has 0 spiro atoms. The van der Waals surface area contributed by atoms with E-state index in [0.29, 0.717) is 17.2 Å². The molecule has 150 valence electrons. The maximum Gasteiger partial charge on any atom is 0.115 e. The fourth-order valence-corrected chi connectivity index (χ4v) is 7.09. The van der Waals surface area contributed by atoms with Gasteiger partial charge < -0.3 is 15.3 Å². The van der Waals surface area contributed by atoms with E-state index in [-0.39, 0.29) is 0 Å². The van der Waals surface area contributed by atoms with Crippen molar-refractivity contribution in [2.24, 2.45) is 23.2 Å². The highest BCUT2D eigenvalue weighted by Gasteiger charge is 2.55. The summed E-state index contributed by atoms with van der Waals surface area (Å²) in [7, 11) is 4.31. The van der Waals surface area contributed by atoms with E-state index in [2.05, 4.69) is 44.2 Å². The maximum atomic E-state index is 9.87. The zero-order chi connectivity index (χ0) is 19.2. The van der Waals surface area contributed by atoms with Gasteiger partial charge >= 0.3 is 0 Å². The summed E-state index contributed by atoms with van der Waals surface area (Å²) >= 11 is 0. The molecule has 0 aromatic heterocycles. The van der Waals surface area contributed by atoms with Crippen LogP contribution in [0.15, 0.2) is 18.2 Å². The predicted molar refractivity (Wildman–Crippen MR) is 112 cm³/mol. The summed E-state index contributed by atoms with van der Waals surface area (Å²) in [6, 6.07) is 6.77. The molecular weight excluding hydrogens is 332 g/mol. The van der Waals surface area contributed by atoms with E-state index >= 15 is 0 Å². The molecule has 0 saturated heterocycles. The third kappa shape index (κ3) is 3.42. The molecule has 0 bridgehead atoms. The van der Waals surface area contributed by atoms with Crippen LogP contribution in [0.25, 0.3) is 0 Å². The SMILES string of the molecule is C[C@H](NCCN(C)C)[C@@H]1CC[C@@H]2[C@@H]3CCc4cc(O)ccc4[C@@H]3CC[C@]21C. The summed E-state index contributed by atoms with van der Waals surface area (Å²) < 4.78 is 0. The standard InChI is InChI=1S/C24H38N2O/c1-16(25-13-14-26(3)4)22-9-10-23-21-7-5-17-15-18(27)6-8-19(17)20(21)11-12-24(22,23)2/h6,8,15-16,20-23,25,27H,5,7,9-14H2,1-4H3/t16-,20-,21+,22-,23+,24-/m0/s1. The van der Waals surface area contributed by atoms with Gasteiger partial charge in [-0.3, -0.25) is 0 Å². The first-order chi connectivity index (χ1) is 12.9. The first kappa shape index (κ1) is 19.3. The monoisotopic (exact) mass is 370 g/mol. The number of fused-ring (bicyclic) bond motifs is 5. The van der Waals surface area contributed by atoms with Crippen LogP contribution in [0.3, 0.4) is 0 Å². The van der Waals surface area contributed by atoms with Gasteiger partial charge in [-0.2, -0.15) is 0 Å². The molecule has 2 fully saturated rings. The van der Waals surface area contributed by atoms with E-state index in [1.807, 2.05) is 12.1 Å². The zero-order valence-corrected chi connectivity index (χ0v) is 17.7. The highest BCUT2D eigenvalue weighted by Crippen LogP contribution is 2.63. The number of aromatic hydroxyl groups is 1. The molecule has 0 radical (unpaired) electrons. The quantitative estimate of drug-likeness (QED) is 0.806. The Balaban J connectivity index is 1.49. The molecule has 3 heteroatoms. The van der Waals surface area contributed by atoms with Crippen molar-refractivity contribution in [3.8, 4) is 5.75 Å². The number of nitrogens with zero attached hydrogens (tertiary/aromatic N) is 1. The van der Waals surface area contributed by atoms with Crippen molar-refractivity contribution in [1.82, 2.24) is 10.2 Å². The Bertz CT molecular complexity index is 672. The molecule has 0 unspecified atom stereocenters. The molecule has 2 N–H and O–H groups in total. The van der Waals surface area contributed by atoms with Crippen LogP contribution >= 0.6 is 0 Å². The highest BCUT2D eigenvalue weighted by atomic mass is 16.3. The van der Waals surface area contributed by atoms with Crippen LogP contribution in [-0.2, 0) is 6.42 Å². The summed E-state index contributed by atoms with van der Waals surface area (Å²) in [5.41, 5.74) is 3.46. The molecule has 6 atom stereocenters. The van der Waals surface area contributed by atoms with E-state index < -0.39 is 0 Å². The fourth-order valence-electron chi connectivity index (χ4n) is 7.09. The van der Waals surface area contributed by atoms with Gasteiger partial charge in [-0.05, 0) is 112 Å². The number of aryl methyl sites for hydroxylation is 1. The second-order valence-electron chi connectivity index (χ2n) is 10.1. The van der Waals surface area contributed by atoms with Crippen molar-refractivity contribution in [2.75, 3.05) is 27.2 Å². The minimum absolute atomic E-state index is 0.436. The number of phenolic OH excluding ortho intramolecular Hbond substituents is 1. The molecule has 4 rings (SSSR count). The Morgan fingerprint density at radius 3 is 2.81 bits per heavy atom. The van der Waals surface area contributed by atoms with Gasteiger partial charge in [0.05, 0.1) is 0 Å². The average molecular weight is 371 g/mol. The van der Waals surface area contributed by atoms with Crippen molar-refractivity contribution >= 4 is 0 Å². The van der Waals surface area contributed by atoms with Gasteiger partial charge in [0.15, 0.2) is 0 Å². The first-order valence-corrected chi connectivity index (χ1v) is 11.1. The van der Waals surface area contributed by atoms with Crippen LogP contribution in [0.5, 0.6) is 5.75 Å². The van der Waals surface area contributed by atoms with Crippen LogP contribution in [-0.4, -0.2) is 43.2 Å². The van der Waals surface area contributed by atoms with Gasteiger partial charge in [-0.25, -0.2) is 0 Å². The van der Waals surface area contributed by atoms with Gasteiger partial charge in [-0.15, -0.1) is 0 Å². The molecule has 0 heterocycles. The van der Waals surface area contributed by atoms with Crippen molar-refractivity contribution < 1.29 is 5.11 Å². The number of nitrogens with one attached hydrogen (secondary N) is 1. The normalized spacial score (nSPS) is 36.2. The van der Waals surface area contributed by atoms with Crippen molar-refractivity contribution in [1.29, 1.82) is 0 Å². The summed E-state index contributed by atoms with van der Waals surface area (Å²) in [4.78, 5) is 2.27. The minimum atomic E-state index is 0.436. The molecule has 0 aliphatic heterocycles. The third-order valence-corrected chi connectivity index (χ3v) is 8.41. The molecule has 3 nitrogen and oxygen atoms in total. The lowest BCUT2D eigenvalue weighted by molar-refractivity contribution is 0.0181. The van der Waals surface area contributed by atoms with Crippen molar-refractivity contribution in [2.45, 2.75) is 64.3 Å². The van der Waals surface area contributed by atoms with Crippen LogP contribution < -0.4 is 5.32 Å². The van der Waals surface area contributed by atoms with Gasteiger partial charge in [0.1, 0.15) is 5.75 Å². The number of hydrogen-bond donors (Lipinski definition) is 2. The number of likely N-dealkylation sites (N-methyl/N-ethyl adjacent to an activating group) is 1. The van der Waals surface area contributed by atoms with Crippen LogP contribution in [0.4, 0.5) is 0 Å². The van der Waals surface area contributed by atoms with Gasteiger partial charge in [-0.1, -0.05) is 13.0 Å². The van der Waals surface area contributed by atoms with Gasteiger partial charge in [0.2, 0.25) is 0 Å². The van der Waals surface area contributed by atoms with Crippen molar-refractivity contribution in [3.05, 3.63) is 29.3 Å². The predicted octanol–water partition coefficient (Wildman–Crippen LogP) is 4.40. The largest absolute Gasteiger partial charge is 0.508 e. The Kier molecular flexibility index (Phi) is 5.28. The Hall–Kier alpha value is -1.06. The van der Waals surface area contributed by atoms with E-state index in [0.717, 1.165) is 43.2 Å². The van der Waals surface area contributed by atoms with Crippen LogP contribution in [0, 0.1) is 23.2 Å². The Morgan fingerprint density at radius 2 is 2.04 bits per heavy atom. The van der Waals surface area contributed by atoms with Crippen LogP contribution in [0.1, 0.15) is 63.0 Å². The molecule has 3 aliphatic carbocycles. The molecule has 1 aromatic rings. The number of hydrogen-bond acceptors (Lipinski definition) is 3. The lowest BCUT2D eigenvalue weighted by Crippen LogP contribution is -2.48. The summed E-state index contributed by atoms with van der Waals surface area (Å²) in [6.45, 7) is 7.25. The molecule has 3 aliphatic rings. The molecular formula is C24H38N2O. The Labute approximate surface area is 165 Å². The summed E-state index contributed by atoms with van der Waals surface area (Å²) in [5, 5.41) is 13.7. The molecule has 0 amide bonds. The number of benzene rings is 1. The molecule has 27 heavy (non-hydrogen) atoms. The van der Waals surface area contributed by atoms with E-state index in [1.165, 1.54) is 37.7 Å². The lowest BCUT2D eigenvalue weighted by Gasteiger charge is -2.52. The number of phenols is 1. The maximum absolute atomic E-state index is 9.87. The van der Waals surface area contributed by atoms with E-state index in [1.54, 1.807) is 5.56 Å². The second-order valence-corrected chi connectivity index (χ2v) is 10.1. The van der Waals surface area contributed by atoms with Gasteiger partial charge in [0.25, 0.3) is 0 Å². The zero-order valence-electron chi connectivity index (χ0n) is 17.7. The van der Waals surface area contributed by atoms with Gasteiger partial charge in [0, 0.05) is 19.1 Å². The van der Waals surface area contributed by atoms with E-state index in [9.17, 15) is 5.11 Å². The fraction of sp³-hybridized carbons (Fsp3) is 0.750. The topological polar surface area (TPSA) is 35.5 Å².